The predicted octanol–water partition coefficient (Wildman–Crippen LogP) is 5.62. The van der Waals surface area contributed by atoms with Crippen LogP contribution in [0.25, 0.3) is 10.9 Å². The molecule has 4 rings (SSSR count). The number of amides is 1. The predicted molar refractivity (Wildman–Crippen MR) is 149 cm³/mol. The maximum absolute atomic E-state index is 13.3. The number of carbonyl (C=O) groups excluding carboxylic acids is 1. The quantitative estimate of drug-likeness (QED) is 0.152. The number of carbonyl (C=O) groups is 1. The lowest BCUT2D eigenvalue weighted by atomic mass is 10.1. The number of aromatic nitrogens is 2. The summed E-state index contributed by atoms with van der Waals surface area (Å²) < 4.78 is 20.6. The first kappa shape index (κ1) is 27.6. The Morgan fingerprint density at radius 1 is 1.26 bits per heavy atom. The van der Waals surface area contributed by atoms with Crippen molar-refractivity contribution in [2.75, 3.05) is 11.9 Å². The normalized spacial score (nSPS) is 12.0. The third-order valence-electron chi connectivity index (χ3n) is 5.86. The third kappa shape index (κ3) is 6.52. The van der Waals surface area contributed by atoms with Crippen molar-refractivity contribution >= 4 is 50.3 Å². The zero-order valence-electron chi connectivity index (χ0n) is 20.9. The monoisotopic (exact) mass is 595 g/mol. The molecule has 1 N–H and O–H groups in total. The highest BCUT2D eigenvalue weighted by molar-refractivity contribution is 9.10. The molecule has 1 heterocycles. The molecule has 1 aromatic heterocycles. The summed E-state index contributed by atoms with van der Waals surface area (Å²) in [6, 6.07) is 14.6. The molecule has 0 saturated carbocycles. The fourth-order valence-electron chi connectivity index (χ4n) is 3.69. The second-order valence-corrected chi connectivity index (χ2v) is 9.55. The smallest absolute Gasteiger partial charge is 0.311 e. The summed E-state index contributed by atoms with van der Waals surface area (Å²) in [5.41, 5.74) is 0.338. The lowest BCUT2D eigenvalue weighted by Gasteiger charge is -2.14. The first-order chi connectivity index (χ1) is 18.7. The Morgan fingerprint density at radius 3 is 2.77 bits per heavy atom. The van der Waals surface area contributed by atoms with Gasteiger partial charge < -0.3 is 10.1 Å². The van der Waals surface area contributed by atoms with Gasteiger partial charge in [-0.15, -0.1) is 0 Å². The maximum atomic E-state index is 13.3. The van der Waals surface area contributed by atoms with Crippen LogP contribution in [0, 0.1) is 15.9 Å². The Labute approximate surface area is 230 Å². The van der Waals surface area contributed by atoms with E-state index < -0.39 is 28.9 Å². The summed E-state index contributed by atoms with van der Waals surface area (Å²) in [7, 11) is 0. The van der Waals surface area contributed by atoms with E-state index in [0.717, 1.165) is 10.5 Å². The van der Waals surface area contributed by atoms with Crippen LogP contribution in [0.2, 0.25) is 0 Å². The van der Waals surface area contributed by atoms with Gasteiger partial charge in [-0.2, -0.15) is 9.78 Å². The molecule has 0 saturated heterocycles. The average molecular weight is 596 g/mol. The Balaban J connectivity index is 1.60. The number of nitrogens with one attached hydrogen (secondary N) is 1. The fourth-order valence-corrected chi connectivity index (χ4v) is 4.05. The van der Waals surface area contributed by atoms with Crippen LogP contribution < -0.4 is 15.6 Å². The number of nitrogens with zero attached hydrogens (tertiary/aromatic N) is 4. The number of nitro groups is 1. The van der Waals surface area contributed by atoms with E-state index in [4.69, 9.17) is 4.74 Å². The summed E-state index contributed by atoms with van der Waals surface area (Å²) in [5.74, 6) is -0.888. The second kappa shape index (κ2) is 11.9. The van der Waals surface area contributed by atoms with E-state index in [1.165, 1.54) is 47.3 Å². The van der Waals surface area contributed by atoms with Gasteiger partial charge in [-0.3, -0.25) is 19.7 Å². The van der Waals surface area contributed by atoms with Crippen LogP contribution >= 0.6 is 15.9 Å². The lowest BCUT2D eigenvalue weighted by Crippen LogP contribution is -2.23. The van der Waals surface area contributed by atoms with Crippen LogP contribution in [0.15, 0.2) is 75.0 Å². The van der Waals surface area contributed by atoms with E-state index >= 15 is 0 Å². The number of hydrogen-bond acceptors (Lipinski definition) is 7. The Bertz CT molecular complexity index is 1660. The highest BCUT2D eigenvalue weighted by atomic mass is 79.9. The number of fused-ring (bicyclic) bond motifs is 1. The first-order valence-electron chi connectivity index (χ1n) is 11.9. The van der Waals surface area contributed by atoms with E-state index in [2.05, 4.69) is 31.3 Å². The Morgan fingerprint density at radius 2 is 2.05 bits per heavy atom. The Hall–Kier alpha value is -4.45. The summed E-state index contributed by atoms with van der Waals surface area (Å²) in [5, 5.41) is 18.9. The molecular formula is C27H23BrFN5O5. The molecule has 0 radical (unpaired) electrons. The van der Waals surface area contributed by atoms with Gasteiger partial charge in [0, 0.05) is 27.7 Å². The molecule has 12 heteroatoms. The summed E-state index contributed by atoms with van der Waals surface area (Å²) in [4.78, 5) is 41.1. The molecule has 0 spiro atoms. The van der Waals surface area contributed by atoms with Gasteiger partial charge >= 0.3 is 5.69 Å². The number of nitro benzene ring substituents is 1. The van der Waals surface area contributed by atoms with Crippen LogP contribution in [0.5, 0.6) is 5.75 Å². The van der Waals surface area contributed by atoms with Gasteiger partial charge in [-0.25, -0.2) is 9.37 Å². The van der Waals surface area contributed by atoms with E-state index in [-0.39, 0.29) is 22.9 Å². The zero-order chi connectivity index (χ0) is 28.1. The molecule has 0 bridgehead atoms. The van der Waals surface area contributed by atoms with Crippen molar-refractivity contribution in [3.8, 4) is 5.75 Å². The molecule has 39 heavy (non-hydrogen) atoms. The first-order valence-corrected chi connectivity index (χ1v) is 12.7. The van der Waals surface area contributed by atoms with Crippen molar-refractivity contribution in [2.45, 2.75) is 26.2 Å². The van der Waals surface area contributed by atoms with Gasteiger partial charge in [0.2, 0.25) is 0 Å². The minimum Gasteiger partial charge on any atom is -0.477 e. The molecule has 0 fully saturated rings. The van der Waals surface area contributed by atoms with Gasteiger partial charge in [0.1, 0.15) is 11.6 Å². The van der Waals surface area contributed by atoms with Gasteiger partial charge in [0.05, 0.1) is 22.0 Å². The van der Waals surface area contributed by atoms with Crippen LogP contribution in [0.3, 0.4) is 0 Å². The fraction of sp³-hybridized carbons (Fsp3) is 0.185. The minimum absolute atomic E-state index is 0.0773. The molecule has 4 aromatic rings. The minimum atomic E-state index is -0.650. The van der Waals surface area contributed by atoms with Gasteiger partial charge in [0.25, 0.3) is 11.5 Å². The topological polar surface area (TPSA) is 129 Å². The molecule has 0 aliphatic rings. The molecular weight excluding hydrogens is 573 g/mol. The van der Waals surface area contributed by atoms with Crippen molar-refractivity contribution in [3.05, 3.63) is 103 Å². The summed E-state index contributed by atoms with van der Waals surface area (Å²) >= 11 is 3.37. The maximum Gasteiger partial charge on any atom is 0.311 e. The summed E-state index contributed by atoms with van der Waals surface area (Å²) in [6.45, 7) is 3.37. The van der Waals surface area contributed by atoms with Gasteiger partial charge in [-0.05, 0) is 55.0 Å². The van der Waals surface area contributed by atoms with E-state index in [1.807, 2.05) is 13.8 Å². The van der Waals surface area contributed by atoms with Crippen molar-refractivity contribution < 1.29 is 18.8 Å². The molecule has 0 aliphatic heterocycles. The molecule has 1 amide bonds. The SMILES string of the molecule is CC[C@@H](C)c1nc2ccc(Br)cc2c(=O)n1N=Cc1ccc(OCC(=O)Nc2cccc(F)c2)c([N+](=O)[O-])c1. The average Bonchev–Trinajstić information content (AvgIpc) is 2.91. The lowest BCUT2D eigenvalue weighted by molar-refractivity contribution is -0.385. The van der Waals surface area contributed by atoms with E-state index in [9.17, 15) is 24.1 Å². The van der Waals surface area contributed by atoms with Crippen LogP contribution in [-0.2, 0) is 4.79 Å². The van der Waals surface area contributed by atoms with Crippen LogP contribution in [-0.4, -0.2) is 33.3 Å². The highest BCUT2D eigenvalue weighted by Crippen LogP contribution is 2.28. The molecule has 0 aliphatic carbocycles. The number of ether oxygens (including phenoxy) is 1. The molecule has 200 valence electrons. The van der Waals surface area contributed by atoms with Gasteiger partial charge in [0.15, 0.2) is 12.4 Å². The number of halogens is 2. The van der Waals surface area contributed by atoms with E-state index in [0.29, 0.717) is 28.7 Å². The Kier molecular flexibility index (Phi) is 8.45. The summed E-state index contributed by atoms with van der Waals surface area (Å²) in [6.07, 6.45) is 2.04. The largest absolute Gasteiger partial charge is 0.477 e. The van der Waals surface area contributed by atoms with Crippen molar-refractivity contribution in [1.82, 2.24) is 9.66 Å². The van der Waals surface area contributed by atoms with Crippen molar-refractivity contribution in [3.63, 3.8) is 0 Å². The van der Waals surface area contributed by atoms with Crippen molar-refractivity contribution in [2.24, 2.45) is 5.10 Å². The second-order valence-electron chi connectivity index (χ2n) is 8.63. The molecule has 1 atom stereocenters. The molecule has 10 nitrogen and oxygen atoms in total. The number of hydrogen-bond donors (Lipinski definition) is 1. The number of anilines is 1. The third-order valence-corrected chi connectivity index (χ3v) is 6.35. The standard InChI is InChI=1S/C27H23BrFN5O5/c1-3-16(2)26-32-22-9-8-18(28)12-21(22)27(36)33(26)30-14-17-7-10-24(23(11-17)34(37)38)39-15-25(35)31-20-6-4-5-19(29)13-20/h4-14,16H,3,15H2,1-2H3,(H,31,35)/t16-/m1/s1. The van der Waals surface area contributed by atoms with Crippen molar-refractivity contribution in [1.29, 1.82) is 0 Å². The zero-order valence-corrected chi connectivity index (χ0v) is 22.5. The van der Waals surface area contributed by atoms with E-state index in [1.54, 1.807) is 18.2 Å². The number of rotatable bonds is 9. The number of benzene rings is 3. The van der Waals surface area contributed by atoms with Gasteiger partial charge in [-0.1, -0.05) is 35.8 Å². The molecule has 3 aromatic carbocycles. The van der Waals surface area contributed by atoms with Crippen LogP contribution in [0.4, 0.5) is 15.8 Å². The van der Waals surface area contributed by atoms with Crippen LogP contribution in [0.1, 0.15) is 37.6 Å². The molecule has 0 unspecified atom stereocenters. The highest BCUT2D eigenvalue weighted by Gasteiger charge is 2.18.